The maximum absolute atomic E-state index is 13.0. The topological polar surface area (TPSA) is 70.4 Å². The van der Waals surface area contributed by atoms with Crippen molar-refractivity contribution in [3.05, 3.63) is 28.7 Å². The van der Waals surface area contributed by atoms with Crippen molar-refractivity contribution in [3.63, 3.8) is 0 Å². The molecule has 2 aromatic rings. The first-order valence-corrected chi connectivity index (χ1v) is 10.1. The predicted octanol–water partition coefficient (Wildman–Crippen LogP) is 1.70. The van der Waals surface area contributed by atoms with Crippen LogP contribution in [0.4, 0.5) is 11.8 Å². The molecule has 0 bridgehead atoms. The fraction of sp³-hybridized carbons (Fsp3) is 0.600. The summed E-state index contributed by atoms with van der Waals surface area (Å²) in [6.07, 6.45) is 2.42. The fourth-order valence-corrected chi connectivity index (χ4v) is 4.14. The Morgan fingerprint density at radius 2 is 1.61 bits per heavy atom. The van der Waals surface area contributed by atoms with E-state index in [-0.39, 0.29) is 5.91 Å². The molecule has 2 saturated heterocycles. The first-order valence-electron chi connectivity index (χ1n) is 10.1. The number of hydrogen-bond donors (Lipinski definition) is 0. The minimum Gasteiger partial charge on any atom is -0.353 e. The Bertz CT molecular complexity index is 877. The molecule has 0 atom stereocenters. The number of nitrogens with zero attached hydrogens (tertiary/aromatic N) is 7. The van der Waals surface area contributed by atoms with Crippen molar-refractivity contribution >= 4 is 17.7 Å². The summed E-state index contributed by atoms with van der Waals surface area (Å²) in [4.78, 5) is 28.9. The molecule has 28 heavy (non-hydrogen) atoms. The average Bonchev–Trinajstić information content (AvgIpc) is 3.30. The molecule has 0 aromatic carbocycles. The highest BCUT2D eigenvalue weighted by atomic mass is 16.2. The Kier molecular flexibility index (Phi) is 4.95. The minimum atomic E-state index is 0.0828. The maximum Gasteiger partial charge on any atom is 0.257 e. The van der Waals surface area contributed by atoms with Gasteiger partial charge in [0.05, 0.1) is 11.3 Å². The molecule has 2 aliphatic rings. The monoisotopic (exact) mass is 383 g/mol. The molecule has 2 aromatic heterocycles. The number of aromatic nitrogens is 4. The lowest BCUT2D eigenvalue weighted by atomic mass is 10.1. The second kappa shape index (κ2) is 7.41. The number of aryl methyl sites for hydroxylation is 3. The number of rotatable bonds is 3. The van der Waals surface area contributed by atoms with Crippen molar-refractivity contribution in [2.24, 2.45) is 7.05 Å². The van der Waals surface area contributed by atoms with Gasteiger partial charge >= 0.3 is 0 Å². The maximum atomic E-state index is 13.0. The molecule has 8 nitrogen and oxygen atoms in total. The van der Waals surface area contributed by atoms with E-state index >= 15 is 0 Å². The number of carbonyl (C=O) groups excluding carboxylic acids is 1. The van der Waals surface area contributed by atoms with Gasteiger partial charge in [-0.15, -0.1) is 0 Å². The van der Waals surface area contributed by atoms with Crippen molar-refractivity contribution < 1.29 is 4.79 Å². The van der Waals surface area contributed by atoms with Crippen molar-refractivity contribution in [2.45, 2.75) is 33.6 Å². The van der Waals surface area contributed by atoms with E-state index in [1.807, 2.05) is 38.8 Å². The standard InChI is InChI=1S/C20H29N7O/c1-14-13-17(22-20(21-14)27-7-5-6-8-27)25-9-11-26(12-10-25)19(28)18-15(2)23-24(4)16(18)3/h13H,5-12H2,1-4H3. The summed E-state index contributed by atoms with van der Waals surface area (Å²) in [6, 6.07) is 2.05. The van der Waals surface area contributed by atoms with Gasteiger partial charge in [0, 0.05) is 63.8 Å². The zero-order valence-corrected chi connectivity index (χ0v) is 17.3. The van der Waals surface area contributed by atoms with Gasteiger partial charge in [-0.2, -0.15) is 10.1 Å². The molecule has 0 aliphatic carbocycles. The predicted molar refractivity (Wildman–Crippen MR) is 109 cm³/mol. The van der Waals surface area contributed by atoms with E-state index in [9.17, 15) is 4.79 Å². The van der Waals surface area contributed by atoms with Crippen LogP contribution in [0.2, 0.25) is 0 Å². The number of anilines is 2. The summed E-state index contributed by atoms with van der Waals surface area (Å²) >= 11 is 0. The van der Waals surface area contributed by atoms with Crippen LogP contribution in [0.5, 0.6) is 0 Å². The number of carbonyl (C=O) groups is 1. The summed E-state index contributed by atoms with van der Waals surface area (Å²) in [6.45, 7) is 10.9. The Morgan fingerprint density at radius 1 is 0.929 bits per heavy atom. The fourth-order valence-electron chi connectivity index (χ4n) is 4.14. The number of hydrogen-bond acceptors (Lipinski definition) is 6. The highest BCUT2D eigenvalue weighted by molar-refractivity contribution is 5.96. The van der Waals surface area contributed by atoms with E-state index in [1.54, 1.807) is 4.68 Å². The van der Waals surface area contributed by atoms with Crippen molar-refractivity contribution in [1.82, 2.24) is 24.6 Å². The van der Waals surface area contributed by atoms with Crippen LogP contribution in [0.1, 0.15) is 40.3 Å². The Hall–Kier alpha value is -2.64. The van der Waals surface area contributed by atoms with Crippen LogP contribution >= 0.6 is 0 Å². The van der Waals surface area contributed by atoms with Crippen molar-refractivity contribution in [1.29, 1.82) is 0 Å². The van der Waals surface area contributed by atoms with Crippen molar-refractivity contribution in [3.8, 4) is 0 Å². The molecule has 4 heterocycles. The molecule has 0 radical (unpaired) electrons. The van der Waals surface area contributed by atoms with Crippen LogP contribution in [0, 0.1) is 20.8 Å². The summed E-state index contributed by atoms with van der Waals surface area (Å²) in [5, 5.41) is 4.38. The first kappa shape index (κ1) is 18.7. The van der Waals surface area contributed by atoms with Gasteiger partial charge in [0.15, 0.2) is 0 Å². The van der Waals surface area contributed by atoms with Gasteiger partial charge in [-0.05, 0) is 33.6 Å². The van der Waals surface area contributed by atoms with Gasteiger partial charge in [0.25, 0.3) is 5.91 Å². The van der Waals surface area contributed by atoms with Gasteiger partial charge < -0.3 is 14.7 Å². The second-order valence-electron chi connectivity index (χ2n) is 7.81. The quantitative estimate of drug-likeness (QED) is 0.803. The lowest BCUT2D eigenvalue weighted by Gasteiger charge is -2.35. The molecule has 8 heteroatoms. The Balaban J connectivity index is 1.46. The molecule has 150 valence electrons. The molecule has 0 unspecified atom stereocenters. The van der Waals surface area contributed by atoms with Crippen LogP contribution in [0.3, 0.4) is 0 Å². The van der Waals surface area contributed by atoms with E-state index in [1.165, 1.54) is 12.8 Å². The molecule has 1 amide bonds. The van der Waals surface area contributed by atoms with Crippen LogP contribution in [0.25, 0.3) is 0 Å². The molecule has 4 rings (SSSR count). The third kappa shape index (κ3) is 3.43. The average molecular weight is 384 g/mol. The van der Waals surface area contributed by atoms with Gasteiger partial charge in [-0.3, -0.25) is 9.48 Å². The molecule has 2 aliphatic heterocycles. The van der Waals surface area contributed by atoms with E-state index in [4.69, 9.17) is 4.98 Å². The van der Waals surface area contributed by atoms with E-state index in [2.05, 4.69) is 19.9 Å². The van der Waals surface area contributed by atoms with Gasteiger partial charge in [-0.1, -0.05) is 0 Å². The zero-order chi connectivity index (χ0) is 19.8. The van der Waals surface area contributed by atoms with Crippen molar-refractivity contribution in [2.75, 3.05) is 49.1 Å². The van der Waals surface area contributed by atoms with Crippen LogP contribution in [0.15, 0.2) is 6.07 Å². The highest BCUT2D eigenvalue weighted by Gasteiger charge is 2.27. The summed E-state index contributed by atoms with van der Waals surface area (Å²) < 4.78 is 1.78. The molecular formula is C20H29N7O. The third-order valence-corrected chi connectivity index (χ3v) is 5.83. The Morgan fingerprint density at radius 3 is 2.21 bits per heavy atom. The summed E-state index contributed by atoms with van der Waals surface area (Å²) in [5.41, 5.74) is 3.46. The lowest BCUT2D eigenvalue weighted by molar-refractivity contribution is 0.0745. The van der Waals surface area contributed by atoms with E-state index in [0.29, 0.717) is 13.1 Å². The molecule has 0 N–H and O–H groups in total. The SMILES string of the molecule is Cc1cc(N2CCN(C(=O)c3c(C)nn(C)c3C)CC2)nc(N2CCCC2)n1. The lowest BCUT2D eigenvalue weighted by Crippen LogP contribution is -2.49. The molecular weight excluding hydrogens is 354 g/mol. The number of amides is 1. The van der Waals surface area contributed by atoms with E-state index in [0.717, 1.165) is 60.6 Å². The Labute approximate surface area is 166 Å². The normalized spacial score (nSPS) is 17.5. The summed E-state index contributed by atoms with van der Waals surface area (Å²) in [5.74, 6) is 1.89. The smallest absolute Gasteiger partial charge is 0.257 e. The summed E-state index contributed by atoms with van der Waals surface area (Å²) in [7, 11) is 1.88. The largest absolute Gasteiger partial charge is 0.353 e. The number of piperazine rings is 1. The van der Waals surface area contributed by atoms with Crippen LogP contribution < -0.4 is 9.80 Å². The second-order valence-corrected chi connectivity index (χ2v) is 7.81. The molecule has 0 spiro atoms. The minimum absolute atomic E-state index is 0.0828. The van der Waals surface area contributed by atoms with Gasteiger partial charge in [0.2, 0.25) is 5.95 Å². The highest BCUT2D eigenvalue weighted by Crippen LogP contribution is 2.23. The third-order valence-electron chi connectivity index (χ3n) is 5.83. The zero-order valence-electron chi connectivity index (χ0n) is 17.3. The van der Waals surface area contributed by atoms with Gasteiger partial charge in [-0.25, -0.2) is 4.98 Å². The van der Waals surface area contributed by atoms with Crippen LogP contribution in [-0.2, 0) is 7.05 Å². The molecule has 2 fully saturated rings. The molecule has 0 saturated carbocycles. The van der Waals surface area contributed by atoms with Crippen LogP contribution in [-0.4, -0.2) is 69.8 Å². The van der Waals surface area contributed by atoms with Gasteiger partial charge in [0.1, 0.15) is 5.82 Å². The van der Waals surface area contributed by atoms with E-state index < -0.39 is 0 Å². The first-order chi connectivity index (χ1) is 13.4.